The Morgan fingerprint density at radius 3 is 2.64 bits per heavy atom. The highest BCUT2D eigenvalue weighted by Crippen LogP contribution is 2.51. The Hall–Kier alpha value is -1.06. The molecule has 3 nitrogen and oxygen atoms in total. The summed E-state index contributed by atoms with van der Waals surface area (Å²) in [6, 6.07) is 7.84. The van der Waals surface area contributed by atoms with Crippen LogP contribution in [0, 0.1) is 11.3 Å². The molecule has 0 aromatic heterocycles. The molecule has 2 unspecified atom stereocenters. The van der Waals surface area contributed by atoms with E-state index in [1.165, 1.54) is 0 Å². The van der Waals surface area contributed by atoms with E-state index >= 15 is 0 Å². The van der Waals surface area contributed by atoms with Crippen LogP contribution in [0.15, 0.2) is 24.3 Å². The van der Waals surface area contributed by atoms with Crippen LogP contribution in [-0.4, -0.2) is 35.6 Å². The summed E-state index contributed by atoms with van der Waals surface area (Å²) in [7, 11) is 0. The molecule has 1 amide bonds. The third-order valence-corrected chi connectivity index (χ3v) is 5.98. The average Bonchev–Trinajstić information content (AvgIpc) is 3.35. The first-order valence-corrected chi connectivity index (χ1v) is 8.62. The van der Waals surface area contributed by atoms with Gasteiger partial charge >= 0.3 is 0 Å². The van der Waals surface area contributed by atoms with E-state index in [1.807, 2.05) is 29.2 Å². The van der Waals surface area contributed by atoms with Crippen molar-refractivity contribution >= 4 is 17.5 Å². The number of carbonyl (C=O) groups is 1. The summed E-state index contributed by atoms with van der Waals surface area (Å²) in [4.78, 5) is 14.7. The number of aliphatic hydroxyl groups is 1. The lowest BCUT2D eigenvalue weighted by atomic mass is 9.77. The molecule has 1 saturated heterocycles. The zero-order valence-corrected chi connectivity index (χ0v) is 13.9. The van der Waals surface area contributed by atoms with Crippen LogP contribution in [-0.2, 0) is 4.79 Å². The van der Waals surface area contributed by atoms with Crippen LogP contribution in [0.1, 0.15) is 44.1 Å². The second-order valence-electron chi connectivity index (χ2n) is 6.81. The van der Waals surface area contributed by atoms with Crippen molar-refractivity contribution in [2.24, 2.45) is 11.3 Å². The lowest BCUT2D eigenvalue weighted by molar-refractivity contribution is -0.135. The molecule has 2 atom stereocenters. The van der Waals surface area contributed by atoms with Crippen LogP contribution in [0.4, 0.5) is 0 Å². The van der Waals surface area contributed by atoms with Crippen molar-refractivity contribution in [1.29, 1.82) is 0 Å². The molecule has 1 heterocycles. The maximum Gasteiger partial charge on any atom is 0.226 e. The number of nitrogens with zero attached hydrogens (tertiary/aromatic N) is 1. The van der Waals surface area contributed by atoms with Gasteiger partial charge in [-0.2, -0.15) is 0 Å². The van der Waals surface area contributed by atoms with Crippen LogP contribution in [0.25, 0.3) is 0 Å². The Labute approximate surface area is 137 Å². The summed E-state index contributed by atoms with van der Waals surface area (Å²) in [6.07, 6.45) is 3.72. The number of carbonyl (C=O) groups excluding carboxylic acids is 1. The van der Waals surface area contributed by atoms with Crippen LogP contribution in [0.5, 0.6) is 0 Å². The van der Waals surface area contributed by atoms with Crippen molar-refractivity contribution in [3.05, 3.63) is 34.9 Å². The smallest absolute Gasteiger partial charge is 0.226 e. The lowest BCUT2D eigenvalue weighted by Gasteiger charge is -2.40. The third kappa shape index (κ3) is 2.89. The Balaban J connectivity index is 1.60. The third-order valence-electron chi connectivity index (χ3n) is 5.63. The van der Waals surface area contributed by atoms with Crippen molar-refractivity contribution < 1.29 is 9.90 Å². The minimum Gasteiger partial charge on any atom is -0.396 e. The Bertz CT molecular complexity index is 546. The number of likely N-dealkylation sites (tertiary alicyclic amines) is 1. The van der Waals surface area contributed by atoms with Gasteiger partial charge in [0.1, 0.15) is 0 Å². The predicted octanol–water partition coefficient (Wildman–Crippen LogP) is 3.45. The van der Waals surface area contributed by atoms with Crippen molar-refractivity contribution in [2.45, 2.75) is 38.5 Å². The lowest BCUT2D eigenvalue weighted by Crippen LogP contribution is -2.45. The van der Waals surface area contributed by atoms with Crippen LogP contribution < -0.4 is 0 Å². The second kappa shape index (κ2) is 6.21. The van der Waals surface area contributed by atoms with Gasteiger partial charge in [-0.3, -0.25) is 4.79 Å². The first kappa shape index (κ1) is 15.8. The van der Waals surface area contributed by atoms with E-state index in [0.717, 1.165) is 49.4 Å². The first-order valence-electron chi connectivity index (χ1n) is 8.24. The molecule has 0 radical (unpaired) electrons. The van der Waals surface area contributed by atoms with E-state index < -0.39 is 0 Å². The van der Waals surface area contributed by atoms with Crippen molar-refractivity contribution in [3.8, 4) is 0 Å². The molecule has 22 heavy (non-hydrogen) atoms. The first-order chi connectivity index (χ1) is 10.6. The molecular formula is C18H24ClNO2. The molecule has 0 spiro atoms. The molecule has 4 heteroatoms. The van der Waals surface area contributed by atoms with Crippen LogP contribution in [0.2, 0.25) is 5.02 Å². The molecule has 1 saturated carbocycles. The monoisotopic (exact) mass is 321 g/mol. The number of hydrogen-bond acceptors (Lipinski definition) is 2. The Kier molecular flexibility index (Phi) is 4.47. The SMILES string of the molecule is CCC1(CO)CCN(C(=O)C2CC2c2ccccc2Cl)CC1. The van der Waals surface area contributed by atoms with E-state index in [4.69, 9.17) is 11.6 Å². The average molecular weight is 322 g/mol. The van der Waals surface area contributed by atoms with Crippen molar-refractivity contribution in [2.75, 3.05) is 19.7 Å². The highest BCUT2D eigenvalue weighted by atomic mass is 35.5. The topological polar surface area (TPSA) is 40.5 Å². The van der Waals surface area contributed by atoms with Gasteiger partial charge in [-0.05, 0) is 48.6 Å². The van der Waals surface area contributed by atoms with Crippen LogP contribution in [0.3, 0.4) is 0 Å². The highest BCUT2D eigenvalue weighted by Gasteiger charge is 2.47. The molecule has 1 aliphatic heterocycles. The number of amides is 1. The fraction of sp³-hybridized carbons (Fsp3) is 0.611. The van der Waals surface area contributed by atoms with Gasteiger partial charge in [-0.25, -0.2) is 0 Å². The second-order valence-corrected chi connectivity index (χ2v) is 7.21. The Morgan fingerprint density at radius 1 is 1.36 bits per heavy atom. The van der Waals surface area contributed by atoms with Gasteiger partial charge < -0.3 is 10.0 Å². The largest absolute Gasteiger partial charge is 0.396 e. The van der Waals surface area contributed by atoms with E-state index in [0.29, 0.717) is 0 Å². The molecule has 1 aliphatic carbocycles. The minimum absolute atomic E-state index is 0.0302. The summed E-state index contributed by atoms with van der Waals surface area (Å²) in [5, 5.41) is 10.4. The molecule has 1 N–H and O–H groups in total. The van der Waals surface area contributed by atoms with Gasteiger partial charge in [0, 0.05) is 30.6 Å². The molecular weight excluding hydrogens is 298 g/mol. The normalized spacial score (nSPS) is 26.8. The van der Waals surface area contributed by atoms with Gasteiger partial charge in [0.2, 0.25) is 5.91 Å². The standard InChI is InChI=1S/C18H24ClNO2/c1-2-18(12-21)7-9-20(10-8-18)17(22)15-11-14(15)13-5-3-4-6-16(13)19/h3-6,14-15,21H,2,7-12H2,1H3. The fourth-order valence-electron chi connectivity index (χ4n) is 3.65. The quantitative estimate of drug-likeness (QED) is 0.922. The van der Waals surface area contributed by atoms with E-state index in [9.17, 15) is 9.90 Å². The van der Waals surface area contributed by atoms with Gasteiger partial charge in [-0.1, -0.05) is 36.7 Å². The summed E-state index contributed by atoms with van der Waals surface area (Å²) in [6.45, 7) is 3.91. The number of rotatable bonds is 4. The zero-order chi connectivity index (χ0) is 15.7. The van der Waals surface area contributed by atoms with Gasteiger partial charge in [0.05, 0.1) is 0 Å². The predicted molar refractivity (Wildman–Crippen MR) is 87.9 cm³/mol. The fourth-order valence-corrected chi connectivity index (χ4v) is 3.92. The minimum atomic E-state index is 0.0302. The summed E-state index contributed by atoms with van der Waals surface area (Å²) in [5.74, 6) is 0.660. The Morgan fingerprint density at radius 2 is 2.05 bits per heavy atom. The van der Waals surface area contributed by atoms with Crippen molar-refractivity contribution in [1.82, 2.24) is 4.90 Å². The maximum absolute atomic E-state index is 12.7. The van der Waals surface area contributed by atoms with E-state index in [1.54, 1.807) is 0 Å². The van der Waals surface area contributed by atoms with E-state index in [2.05, 4.69) is 6.92 Å². The summed E-state index contributed by atoms with van der Waals surface area (Å²) < 4.78 is 0. The van der Waals surface area contributed by atoms with Gasteiger partial charge in [-0.15, -0.1) is 0 Å². The number of halogens is 1. The number of benzene rings is 1. The van der Waals surface area contributed by atoms with Crippen molar-refractivity contribution in [3.63, 3.8) is 0 Å². The van der Waals surface area contributed by atoms with Gasteiger partial charge in [0.15, 0.2) is 0 Å². The highest BCUT2D eigenvalue weighted by molar-refractivity contribution is 6.31. The summed E-state index contributed by atoms with van der Waals surface area (Å²) >= 11 is 6.24. The number of hydrogen-bond donors (Lipinski definition) is 1. The number of piperidine rings is 1. The molecule has 1 aromatic rings. The molecule has 120 valence electrons. The molecule has 0 bridgehead atoms. The summed E-state index contributed by atoms with van der Waals surface area (Å²) in [5.41, 5.74) is 1.14. The van der Waals surface area contributed by atoms with Crippen LogP contribution >= 0.6 is 11.6 Å². The number of aliphatic hydroxyl groups excluding tert-OH is 1. The molecule has 1 aromatic carbocycles. The molecule has 2 fully saturated rings. The van der Waals surface area contributed by atoms with E-state index in [-0.39, 0.29) is 29.8 Å². The molecule has 2 aliphatic rings. The molecule has 3 rings (SSSR count). The van der Waals surface area contributed by atoms with Gasteiger partial charge in [0.25, 0.3) is 0 Å². The zero-order valence-electron chi connectivity index (χ0n) is 13.1. The maximum atomic E-state index is 12.7.